The van der Waals surface area contributed by atoms with Gasteiger partial charge in [-0.25, -0.2) is 4.98 Å². The summed E-state index contributed by atoms with van der Waals surface area (Å²) >= 11 is 0. The summed E-state index contributed by atoms with van der Waals surface area (Å²) < 4.78 is 5.78. The van der Waals surface area contributed by atoms with E-state index >= 15 is 0 Å². The number of rotatable bonds is 8. The van der Waals surface area contributed by atoms with Crippen molar-refractivity contribution < 1.29 is 9.53 Å². The van der Waals surface area contributed by atoms with Crippen molar-refractivity contribution in [1.82, 2.24) is 15.6 Å². The SMILES string of the molecule is CC(C)C(C)NC(=O)[C@@H]1CO[C@H](CNCc2ccnc(N(C)C)c2)C1. The van der Waals surface area contributed by atoms with Crippen LogP contribution in [0.3, 0.4) is 0 Å². The number of hydrogen-bond donors (Lipinski definition) is 2. The highest BCUT2D eigenvalue weighted by Gasteiger charge is 2.31. The van der Waals surface area contributed by atoms with Gasteiger partial charge in [-0.15, -0.1) is 0 Å². The van der Waals surface area contributed by atoms with E-state index in [2.05, 4.69) is 35.5 Å². The molecule has 3 atom stereocenters. The van der Waals surface area contributed by atoms with Crippen molar-refractivity contribution in [2.75, 3.05) is 32.1 Å². The summed E-state index contributed by atoms with van der Waals surface area (Å²) in [6, 6.07) is 4.28. The molecule has 2 heterocycles. The molecular weight excluding hydrogens is 316 g/mol. The standard InChI is InChI=1S/C19H32N4O2/c1-13(2)14(3)22-19(24)16-9-17(25-12-16)11-20-10-15-6-7-21-18(8-15)23(4)5/h6-8,13-14,16-17,20H,9-12H2,1-5H3,(H,22,24)/t14?,16-,17-/m0/s1. The molecule has 2 N–H and O–H groups in total. The second-order valence-corrected chi connectivity index (χ2v) is 7.48. The number of hydrogen-bond acceptors (Lipinski definition) is 5. The van der Waals surface area contributed by atoms with Crippen molar-refractivity contribution in [3.63, 3.8) is 0 Å². The Kier molecular flexibility index (Phi) is 7.20. The molecule has 6 nitrogen and oxygen atoms in total. The normalized spacial score (nSPS) is 21.4. The van der Waals surface area contributed by atoms with Gasteiger partial charge in [0, 0.05) is 39.4 Å². The number of aromatic nitrogens is 1. The molecule has 1 aromatic heterocycles. The van der Waals surface area contributed by atoms with E-state index in [-0.39, 0.29) is 24.0 Å². The first kappa shape index (κ1) is 19.7. The summed E-state index contributed by atoms with van der Waals surface area (Å²) in [6.45, 7) is 8.32. The van der Waals surface area contributed by atoms with Crippen molar-refractivity contribution >= 4 is 11.7 Å². The minimum atomic E-state index is -0.0331. The van der Waals surface area contributed by atoms with Crippen LogP contribution in [0.5, 0.6) is 0 Å². The molecule has 1 fully saturated rings. The van der Waals surface area contributed by atoms with Crippen LogP contribution in [0.1, 0.15) is 32.8 Å². The van der Waals surface area contributed by atoms with Crippen LogP contribution in [0, 0.1) is 11.8 Å². The Morgan fingerprint density at radius 1 is 1.40 bits per heavy atom. The molecular formula is C19H32N4O2. The number of nitrogens with zero attached hydrogens (tertiary/aromatic N) is 2. The highest BCUT2D eigenvalue weighted by molar-refractivity contribution is 5.79. The van der Waals surface area contributed by atoms with Crippen LogP contribution in [0.25, 0.3) is 0 Å². The molecule has 140 valence electrons. The van der Waals surface area contributed by atoms with E-state index in [0.717, 1.165) is 25.3 Å². The van der Waals surface area contributed by atoms with Gasteiger partial charge in [-0.3, -0.25) is 4.79 Å². The van der Waals surface area contributed by atoms with Gasteiger partial charge < -0.3 is 20.3 Å². The van der Waals surface area contributed by atoms with Crippen molar-refractivity contribution in [1.29, 1.82) is 0 Å². The molecule has 2 rings (SSSR count). The van der Waals surface area contributed by atoms with Crippen LogP contribution in [-0.2, 0) is 16.1 Å². The molecule has 1 aliphatic heterocycles. The molecule has 0 spiro atoms. The molecule has 6 heteroatoms. The van der Waals surface area contributed by atoms with E-state index in [0.29, 0.717) is 12.5 Å². The Labute approximate surface area is 151 Å². The number of nitrogens with one attached hydrogen (secondary N) is 2. The van der Waals surface area contributed by atoms with E-state index in [1.807, 2.05) is 38.2 Å². The van der Waals surface area contributed by atoms with Crippen molar-refractivity contribution in [3.05, 3.63) is 23.9 Å². The maximum absolute atomic E-state index is 12.3. The van der Waals surface area contributed by atoms with Gasteiger partial charge in [0.15, 0.2) is 0 Å². The van der Waals surface area contributed by atoms with Crippen LogP contribution >= 0.6 is 0 Å². The summed E-state index contributed by atoms with van der Waals surface area (Å²) in [6.07, 6.45) is 2.71. The van der Waals surface area contributed by atoms with Gasteiger partial charge in [0.2, 0.25) is 5.91 Å². The molecule has 1 amide bonds. The lowest BCUT2D eigenvalue weighted by Crippen LogP contribution is -2.40. The van der Waals surface area contributed by atoms with Crippen LogP contribution < -0.4 is 15.5 Å². The smallest absolute Gasteiger partial charge is 0.225 e. The van der Waals surface area contributed by atoms with Gasteiger partial charge in [-0.1, -0.05) is 13.8 Å². The third-order valence-electron chi connectivity index (χ3n) is 4.79. The number of amides is 1. The summed E-state index contributed by atoms with van der Waals surface area (Å²) in [5, 5.41) is 6.51. The molecule has 0 radical (unpaired) electrons. The third-order valence-corrected chi connectivity index (χ3v) is 4.79. The van der Waals surface area contributed by atoms with Crippen LogP contribution in [0.4, 0.5) is 5.82 Å². The van der Waals surface area contributed by atoms with Gasteiger partial charge in [0.05, 0.1) is 18.6 Å². The fourth-order valence-electron chi connectivity index (χ4n) is 2.73. The molecule has 1 aromatic rings. The second-order valence-electron chi connectivity index (χ2n) is 7.48. The summed E-state index contributed by atoms with van der Waals surface area (Å²) in [5.41, 5.74) is 1.19. The van der Waals surface area contributed by atoms with Gasteiger partial charge in [-0.05, 0) is 37.0 Å². The Bertz CT molecular complexity index is 562. The fraction of sp³-hybridized carbons (Fsp3) is 0.684. The molecule has 0 aromatic carbocycles. The quantitative estimate of drug-likeness (QED) is 0.750. The van der Waals surface area contributed by atoms with Gasteiger partial charge in [0.1, 0.15) is 5.82 Å². The summed E-state index contributed by atoms with van der Waals surface area (Å²) in [5.74, 6) is 1.48. The number of ether oxygens (including phenoxy) is 1. The fourth-order valence-corrected chi connectivity index (χ4v) is 2.73. The average molecular weight is 348 g/mol. The Morgan fingerprint density at radius 2 is 2.16 bits per heavy atom. The molecule has 1 saturated heterocycles. The van der Waals surface area contributed by atoms with E-state index in [9.17, 15) is 4.79 Å². The topological polar surface area (TPSA) is 66.5 Å². The zero-order valence-electron chi connectivity index (χ0n) is 16.1. The summed E-state index contributed by atoms with van der Waals surface area (Å²) in [4.78, 5) is 18.6. The largest absolute Gasteiger partial charge is 0.376 e. The number of carbonyl (C=O) groups excluding carboxylic acids is 1. The number of pyridine rings is 1. The Hall–Kier alpha value is -1.66. The predicted octanol–water partition coefficient (Wildman–Crippen LogP) is 1.80. The highest BCUT2D eigenvalue weighted by atomic mass is 16.5. The first-order chi connectivity index (χ1) is 11.9. The monoisotopic (exact) mass is 348 g/mol. The maximum atomic E-state index is 12.3. The van der Waals surface area contributed by atoms with Gasteiger partial charge >= 0.3 is 0 Å². The molecule has 0 bridgehead atoms. The van der Waals surface area contributed by atoms with E-state index in [1.54, 1.807) is 0 Å². The highest BCUT2D eigenvalue weighted by Crippen LogP contribution is 2.20. The number of carbonyl (C=O) groups is 1. The van der Waals surface area contributed by atoms with Gasteiger partial charge in [0.25, 0.3) is 0 Å². The minimum absolute atomic E-state index is 0.0331. The molecule has 0 aliphatic carbocycles. The zero-order chi connectivity index (χ0) is 18.4. The first-order valence-electron chi connectivity index (χ1n) is 9.11. The first-order valence-corrected chi connectivity index (χ1v) is 9.11. The van der Waals surface area contributed by atoms with Crippen molar-refractivity contribution in [2.45, 2.75) is 45.9 Å². The van der Waals surface area contributed by atoms with E-state index in [1.165, 1.54) is 5.56 Å². The lowest BCUT2D eigenvalue weighted by molar-refractivity contribution is -0.125. The average Bonchev–Trinajstić information content (AvgIpc) is 3.04. The third kappa shape index (κ3) is 5.97. The van der Waals surface area contributed by atoms with Crippen molar-refractivity contribution in [3.8, 4) is 0 Å². The Morgan fingerprint density at radius 3 is 2.84 bits per heavy atom. The van der Waals surface area contributed by atoms with Crippen LogP contribution in [-0.4, -0.2) is 50.3 Å². The lowest BCUT2D eigenvalue weighted by Gasteiger charge is -2.19. The molecule has 0 saturated carbocycles. The van der Waals surface area contributed by atoms with Crippen LogP contribution in [0.2, 0.25) is 0 Å². The lowest BCUT2D eigenvalue weighted by atomic mass is 10.0. The summed E-state index contributed by atoms with van der Waals surface area (Å²) in [7, 11) is 3.97. The van der Waals surface area contributed by atoms with Crippen LogP contribution in [0.15, 0.2) is 18.3 Å². The van der Waals surface area contributed by atoms with Gasteiger partial charge in [-0.2, -0.15) is 0 Å². The predicted molar refractivity (Wildman–Crippen MR) is 101 cm³/mol. The molecule has 25 heavy (non-hydrogen) atoms. The molecule has 1 aliphatic rings. The molecule has 1 unspecified atom stereocenters. The zero-order valence-corrected chi connectivity index (χ0v) is 16.1. The number of anilines is 1. The van der Waals surface area contributed by atoms with Crippen molar-refractivity contribution in [2.24, 2.45) is 11.8 Å². The maximum Gasteiger partial charge on any atom is 0.225 e. The minimum Gasteiger partial charge on any atom is -0.376 e. The van der Waals surface area contributed by atoms with E-state index in [4.69, 9.17) is 4.74 Å². The van der Waals surface area contributed by atoms with E-state index < -0.39 is 0 Å². The second kappa shape index (κ2) is 9.15. The Balaban J connectivity index is 1.73.